The number of carbonyl (C=O) groups is 2. The van der Waals surface area contributed by atoms with Crippen molar-refractivity contribution in [3.05, 3.63) is 12.7 Å². The molecule has 0 saturated heterocycles. The van der Waals surface area contributed by atoms with Crippen molar-refractivity contribution in [2.75, 3.05) is 6.54 Å². The van der Waals surface area contributed by atoms with Gasteiger partial charge in [0.15, 0.2) is 0 Å². The van der Waals surface area contributed by atoms with E-state index in [1.165, 1.54) is 6.33 Å². The predicted octanol–water partition coefficient (Wildman–Crippen LogP) is 2.26. The van der Waals surface area contributed by atoms with Crippen molar-refractivity contribution in [1.82, 2.24) is 25.4 Å². The predicted molar refractivity (Wildman–Crippen MR) is 97.4 cm³/mol. The lowest BCUT2D eigenvalue weighted by Crippen LogP contribution is -2.47. The fourth-order valence-corrected chi connectivity index (χ4v) is 3.20. The molecule has 8 nitrogen and oxygen atoms in total. The fourth-order valence-electron chi connectivity index (χ4n) is 3.20. The number of hydrogen-bond donors (Lipinski definition) is 2. The van der Waals surface area contributed by atoms with Crippen LogP contribution in [-0.2, 0) is 16.1 Å². The third-order valence-corrected chi connectivity index (χ3v) is 4.42. The number of rotatable bonds is 7. The Hall–Kier alpha value is -2.12. The van der Waals surface area contributed by atoms with Crippen molar-refractivity contribution < 1.29 is 14.3 Å². The van der Waals surface area contributed by atoms with Crippen LogP contribution in [0.3, 0.4) is 0 Å². The molecule has 26 heavy (non-hydrogen) atoms. The first kappa shape index (κ1) is 20.2. The second kappa shape index (κ2) is 9.54. The summed E-state index contributed by atoms with van der Waals surface area (Å²) >= 11 is 0. The molecular formula is C18H31N5O3. The zero-order valence-electron chi connectivity index (χ0n) is 16.0. The number of nitrogens with zero attached hydrogens (tertiary/aromatic N) is 3. The van der Waals surface area contributed by atoms with Gasteiger partial charge in [0.05, 0.1) is 0 Å². The summed E-state index contributed by atoms with van der Waals surface area (Å²) in [7, 11) is 0. The summed E-state index contributed by atoms with van der Waals surface area (Å²) in [5, 5.41) is 10.0. The standard InChI is InChI=1S/C18H31N5O3/c1-18(2,3)26-17(25)20-11-14-7-4-5-8-15(14)22-16(24)9-6-10-23-13-19-12-21-23/h12-15H,4-11H2,1-3H3,(H,20,25)(H,22,24)/t14-,15-/m0/s1. The average Bonchev–Trinajstić information content (AvgIpc) is 3.06. The lowest BCUT2D eigenvalue weighted by Gasteiger charge is -2.32. The Morgan fingerprint density at radius 1 is 1.27 bits per heavy atom. The number of amides is 2. The van der Waals surface area contributed by atoms with Crippen LogP contribution in [0.2, 0.25) is 0 Å². The van der Waals surface area contributed by atoms with Gasteiger partial charge < -0.3 is 15.4 Å². The molecule has 1 heterocycles. The minimum absolute atomic E-state index is 0.0549. The van der Waals surface area contributed by atoms with E-state index in [0.717, 1.165) is 32.1 Å². The summed E-state index contributed by atoms with van der Waals surface area (Å²) in [5.74, 6) is 0.301. The number of ether oxygens (including phenoxy) is 1. The van der Waals surface area contributed by atoms with Crippen LogP contribution in [0.5, 0.6) is 0 Å². The van der Waals surface area contributed by atoms with Gasteiger partial charge in [-0.2, -0.15) is 5.10 Å². The third-order valence-electron chi connectivity index (χ3n) is 4.42. The Labute approximate surface area is 155 Å². The molecule has 1 aliphatic rings. The highest BCUT2D eigenvalue weighted by molar-refractivity contribution is 5.76. The molecule has 0 spiro atoms. The molecule has 2 atom stereocenters. The Bertz CT molecular complexity index is 568. The quantitative estimate of drug-likeness (QED) is 0.772. The first-order valence-corrected chi connectivity index (χ1v) is 9.42. The van der Waals surface area contributed by atoms with E-state index in [-0.39, 0.29) is 17.9 Å². The maximum Gasteiger partial charge on any atom is 0.407 e. The van der Waals surface area contributed by atoms with Crippen molar-refractivity contribution >= 4 is 12.0 Å². The molecule has 0 bridgehead atoms. The number of aromatic nitrogens is 3. The van der Waals surface area contributed by atoms with Gasteiger partial charge in [-0.1, -0.05) is 12.8 Å². The molecule has 2 rings (SSSR count). The van der Waals surface area contributed by atoms with Crippen molar-refractivity contribution in [3.63, 3.8) is 0 Å². The molecule has 0 aromatic carbocycles. The molecule has 2 amide bonds. The number of alkyl carbamates (subject to hydrolysis) is 1. The highest BCUT2D eigenvalue weighted by Crippen LogP contribution is 2.24. The van der Waals surface area contributed by atoms with Crippen LogP contribution in [-0.4, -0.2) is 45.0 Å². The molecule has 0 aliphatic heterocycles. The smallest absolute Gasteiger partial charge is 0.407 e. The molecule has 1 saturated carbocycles. The SMILES string of the molecule is CC(C)(C)OC(=O)NC[C@@H]1CCCC[C@@H]1NC(=O)CCCn1cncn1. The maximum absolute atomic E-state index is 12.2. The maximum atomic E-state index is 12.2. The van der Waals surface area contributed by atoms with Gasteiger partial charge in [0, 0.05) is 25.6 Å². The molecule has 1 aromatic heterocycles. The van der Waals surface area contributed by atoms with Crippen LogP contribution in [0.4, 0.5) is 4.79 Å². The van der Waals surface area contributed by atoms with Crippen molar-refractivity contribution in [3.8, 4) is 0 Å². The van der Waals surface area contributed by atoms with Crippen LogP contribution in [0.15, 0.2) is 12.7 Å². The number of hydrogen-bond acceptors (Lipinski definition) is 5. The summed E-state index contributed by atoms with van der Waals surface area (Å²) in [6, 6.07) is 0.109. The van der Waals surface area contributed by atoms with E-state index in [0.29, 0.717) is 19.5 Å². The summed E-state index contributed by atoms with van der Waals surface area (Å²) in [4.78, 5) is 28.0. The monoisotopic (exact) mass is 365 g/mol. The van der Waals surface area contributed by atoms with E-state index in [2.05, 4.69) is 20.7 Å². The molecule has 1 fully saturated rings. The van der Waals surface area contributed by atoms with E-state index in [4.69, 9.17) is 4.74 Å². The van der Waals surface area contributed by atoms with E-state index in [1.54, 1.807) is 11.0 Å². The minimum atomic E-state index is -0.506. The van der Waals surface area contributed by atoms with Gasteiger partial charge in [-0.05, 0) is 46.0 Å². The van der Waals surface area contributed by atoms with Crippen molar-refractivity contribution in [2.24, 2.45) is 5.92 Å². The Balaban J connectivity index is 1.72. The second-order valence-corrected chi connectivity index (χ2v) is 7.86. The molecule has 1 aliphatic carbocycles. The summed E-state index contributed by atoms with van der Waals surface area (Å²) in [6.07, 6.45) is 8.11. The highest BCUT2D eigenvalue weighted by atomic mass is 16.6. The summed E-state index contributed by atoms with van der Waals surface area (Å²) in [6.45, 7) is 6.74. The van der Waals surface area contributed by atoms with Crippen LogP contribution in [0.25, 0.3) is 0 Å². The Morgan fingerprint density at radius 3 is 2.73 bits per heavy atom. The van der Waals surface area contributed by atoms with Gasteiger partial charge >= 0.3 is 6.09 Å². The molecule has 146 valence electrons. The minimum Gasteiger partial charge on any atom is -0.444 e. The molecule has 0 unspecified atom stereocenters. The van der Waals surface area contributed by atoms with E-state index < -0.39 is 11.7 Å². The Morgan fingerprint density at radius 2 is 2.04 bits per heavy atom. The van der Waals surface area contributed by atoms with Gasteiger partial charge in [0.25, 0.3) is 0 Å². The molecular weight excluding hydrogens is 334 g/mol. The van der Waals surface area contributed by atoms with Crippen molar-refractivity contribution in [2.45, 2.75) is 77.5 Å². The normalized spacial score (nSPS) is 20.4. The van der Waals surface area contributed by atoms with Gasteiger partial charge in [-0.3, -0.25) is 9.48 Å². The zero-order chi connectivity index (χ0) is 19.0. The lowest BCUT2D eigenvalue weighted by atomic mass is 9.84. The van der Waals surface area contributed by atoms with Gasteiger partial charge in [0.1, 0.15) is 18.3 Å². The Kier molecular flexibility index (Phi) is 7.41. The van der Waals surface area contributed by atoms with E-state index >= 15 is 0 Å². The van der Waals surface area contributed by atoms with Crippen LogP contribution >= 0.6 is 0 Å². The highest BCUT2D eigenvalue weighted by Gasteiger charge is 2.27. The van der Waals surface area contributed by atoms with Crippen LogP contribution < -0.4 is 10.6 Å². The van der Waals surface area contributed by atoms with Crippen LogP contribution in [0, 0.1) is 5.92 Å². The van der Waals surface area contributed by atoms with Gasteiger partial charge in [0.2, 0.25) is 5.91 Å². The van der Waals surface area contributed by atoms with Crippen molar-refractivity contribution in [1.29, 1.82) is 0 Å². The van der Waals surface area contributed by atoms with E-state index in [9.17, 15) is 9.59 Å². The number of aryl methyl sites for hydroxylation is 1. The summed E-state index contributed by atoms with van der Waals surface area (Å²) in [5.41, 5.74) is -0.506. The first-order valence-electron chi connectivity index (χ1n) is 9.42. The van der Waals surface area contributed by atoms with Gasteiger partial charge in [-0.15, -0.1) is 0 Å². The fraction of sp³-hybridized carbons (Fsp3) is 0.778. The topological polar surface area (TPSA) is 98.1 Å². The van der Waals surface area contributed by atoms with Gasteiger partial charge in [-0.25, -0.2) is 9.78 Å². The summed E-state index contributed by atoms with van der Waals surface area (Å²) < 4.78 is 7.01. The molecule has 1 aromatic rings. The zero-order valence-corrected chi connectivity index (χ0v) is 16.0. The second-order valence-electron chi connectivity index (χ2n) is 7.86. The first-order chi connectivity index (χ1) is 12.3. The third kappa shape index (κ3) is 7.41. The number of nitrogens with one attached hydrogen (secondary N) is 2. The molecule has 2 N–H and O–H groups in total. The van der Waals surface area contributed by atoms with Crippen LogP contribution in [0.1, 0.15) is 59.3 Å². The largest absolute Gasteiger partial charge is 0.444 e. The molecule has 0 radical (unpaired) electrons. The lowest BCUT2D eigenvalue weighted by molar-refractivity contribution is -0.122. The molecule has 8 heteroatoms. The van der Waals surface area contributed by atoms with E-state index in [1.807, 2.05) is 20.8 Å². The number of carbonyl (C=O) groups excluding carboxylic acids is 2. The average molecular weight is 365 g/mol.